The van der Waals surface area contributed by atoms with Crippen LogP contribution in [0.5, 0.6) is 11.5 Å². The highest BCUT2D eigenvalue weighted by molar-refractivity contribution is 6.30. The Balaban J connectivity index is 1.50. The average molecular weight is 483 g/mol. The molecule has 1 heterocycles. The first-order valence-corrected chi connectivity index (χ1v) is 11.0. The minimum Gasteiger partial charge on any atom is -0.457 e. The molecule has 1 N–H and O–H groups in total. The highest BCUT2D eigenvalue weighted by atomic mass is 35.5. The second-order valence-corrected chi connectivity index (χ2v) is 8.16. The first-order valence-electron chi connectivity index (χ1n) is 10.6. The molecule has 8 heteroatoms. The summed E-state index contributed by atoms with van der Waals surface area (Å²) in [5.74, 6) is -1.03. The van der Waals surface area contributed by atoms with Crippen molar-refractivity contribution in [2.45, 2.75) is 19.4 Å². The molecule has 0 saturated carbocycles. The van der Waals surface area contributed by atoms with Gasteiger partial charge < -0.3 is 15.0 Å². The topological polar surface area (TPSA) is 58.6 Å². The molecule has 3 aromatic rings. The lowest BCUT2D eigenvalue weighted by atomic mass is 9.98. The summed E-state index contributed by atoms with van der Waals surface area (Å²) in [6.07, 6.45) is 2.81. The summed E-state index contributed by atoms with van der Waals surface area (Å²) >= 11 is 5.80. The van der Waals surface area contributed by atoms with E-state index in [9.17, 15) is 18.4 Å². The van der Waals surface area contributed by atoms with Crippen LogP contribution in [-0.4, -0.2) is 18.4 Å². The lowest BCUT2D eigenvalue weighted by Crippen LogP contribution is -2.34. The maximum Gasteiger partial charge on any atom is 0.251 e. The van der Waals surface area contributed by atoms with E-state index in [0.29, 0.717) is 23.4 Å². The number of ether oxygens (including phenoxy) is 1. The molecule has 0 spiro atoms. The van der Waals surface area contributed by atoms with Gasteiger partial charge in [-0.25, -0.2) is 8.78 Å². The normalized spacial score (nSPS) is 12.6. The number of hydrogen-bond acceptors (Lipinski definition) is 3. The van der Waals surface area contributed by atoms with Crippen molar-refractivity contribution in [3.05, 3.63) is 101 Å². The van der Waals surface area contributed by atoms with E-state index in [1.807, 2.05) is 0 Å². The fourth-order valence-corrected chi connectivity index (χ4v) is 3.98. The Labute approximate surface area is 200 Å². The molecule has 1 aliphatic rings. The van der Waals surface area contributed by atoms with Crippen molar-refractivity contribution in [1.29, 1.82) is 0 Å². The smallest absolute Gasteiger partial charge is 0.251 e. The monoisotopic (exact) mass is 482 g/mol. The number of anilines is 1. The second-order valence-electron chi connectivity index (χ2n) is 7.75. The Morgan fingerprint density at radius 2 is 1.94 bits per heavy atom. The van der Waals surface area contributed by atoms with Gasteiger partial charge in [0.2, 0.25) is 5.91 Å². The number of rotatable bonds is 6. The van der Waals surface area contributed by atoms with Gasteiger partial charge in [0.15, 0.2) is 0 Å². The van der Waals surface area contributed by atoms with Gasteiger partial charge in [-0.05, 0) is 73.0 Å². The molecule has 0 aromatic heterocycles. The number of nitrogens with zero attached hydrogens (tertiary/aromatic N) is 1. The predicted molar refractivity (Wildman–Crippen MR) is 126 cm³/mol. The van der Waals surface area contributed by atoms with Gasteiger partial charge in [-0.15, -0.1) is 0 Å². The van der Waals surface area contributed by atoms with Gasteiger partial charge in [-0.3, -0.25) is 9.59 Å². The SMILES string of the molecule is C=CC(=O)N1CCCc2cc(C(=O)NCc3cc(F)ccc3Oc3ccc(F)c(Cl)c3)ccc21. The summed E-state index contributed by atoms with van der Waals surface area (Å²) < 4.78 is 33.1. The second kappa shape index (κ2) is 10.1. The van der Waals surface area contributed by atoms with Crippen molar-refractivity contribution in [3.8, 4) is 11.5 Å². The molecule has 5 nitrogen and oxygen atoms in total. The van der Waals surface area contributed by atoms with Crippen molar-refractivity contribution < 1.29 is 23.1 Å². The molecule has 3 aromatic carbocycles. The van der Waals surface area contributed by atoms with E-state index >= 15 is 0 Å². The molecule has 34 heavy (non-hydrogen) atoms. The predicted octanol–water partition coefficient (Wildman–Crippen LogP) is 5.81. The van der Waals surface area contributed by atoms with E-state index in [2.05, 4.69) is 11.9 Å². The lowest BCUT2D eigenvalue weighted by Gasteiger charge is -2.29. The molecule has 0 aliphatic carbocycles. The third-order valence-electron chi connectivity index (χ3n) is 5.48. The Hall–Kier alpha value is -3.71. The molecular formula is C26H21ClF2N2O3. The van der Waals surface area contributed by atoms with Gasteiger partial charge >= 0.3 is 0 Å². The van der Waals surface area contributed by atoms with Gasteiger partial charge in [0.1, 0.15) is 23.1 Å². The molecule has 4 rings (SSSR count). The molecule has 0 atom stereocenters. The van der Waals surface area contributed by atoms with E-state index in [4.69, 9.17) is 16.3 Å². The minimum atomic E-state index is -0.581. The number of aryl methyl sites for hydroxylation is 1. The van der Waals surface area contributed by atoms with Crippen LogP contribution in [0, 0.1) is 11.6 Å². The highest BCUT2D eigenvalue weighted by Gasteiger charge is 2.22. The maximum atomic E-state index is 13.9. The number of carbonyl (C=O) groups is 2. The van der Waals surface area contributed by atoms with E-state index < -0.39 is 11.6 Å². The summed E-state index contributed by atoms with van der Waals surface area (Å²) in [5, 5.41) is 2.67. The van der Waals surface area contributed by atoms with Crippen LogP contribution >= 0.6 is 11.6 Å². The first-order chi connectivity index (χ1) is 16.4. The summed E-state index contributed by atoms with van der Waals surface area (Å²) in [4.78, 5) is 26.5. The molecule has 0 bridgehead atoms. The van der Waals surface area contributed by atoms with E-state index in [1.54, 1.807) is 23.1 Å². The van der Waals surface area contributed by atoms with E-state index in [0.717, 1.165) is 24.1 Å². The van der Waals surface area contributed by atoms with E-state index in [1.165, 1.54) is 42.5 Å². The van der Waals surface area contributed by atoms with Crippen molar-refractivity contribution >= 4 is 29.1 Å². The van der Waals surface area contributed by atoms with Crippen molar-refractivity contribution in [1.82, 2.24) is 5.32 Å². The highest BCUT2D eigenvalue weighted by Crippen LogP contribution is 2.30. The number of amides is 2. The fraction of sp³-hybridized carbons (Fsp3) is 0.154. The molecule has 0 saturated heterocycles. The molecule has 0 unspecified atom stereocenters. The summed E-state index contributed by atoms with van der Waals surface area (Å²) in [6.45, 7) is 4.14. The zero-order valence-electron chi connectivity index (χ0n) is 18.1. The van der Waals surface area contributed by atoms with E-state index in [-0.39, 0.29) is 29.1 Å². The van der Waals surface area contributed by atoms with Gasteiger partial charge in [-0.1, -0.05) is 18.2 Å². The summed E-state index contributed by atoms with van der Waals surface area (Å²) in [6, 6.07) is 13.0. The Morgan fingerprint density at radius 3 is 2.71 bits per heavy atom. The first kappa shape index (κ1) is 23.4. The van der Waals surface area contributed by atoms with Crippen LogP contribution in [0.25, 0.3) is 0 Å². The molecular weight excluding hydrogens is 462 g/mol. The number of carbonyl (C=O) groups excluding carboxylic acids is 2. The number of hydrogen-bond donors (Lipinski definition) is 1. The molecule has 174 valence electrons. The fourth-order valence-electron chi connectivity index (χ4n) is 3.81. The minimum absolute atomic E-state index is 0.000979. The van der Waals surface area contributed by atoms with Crippen LogP contribution in [0.3, 0.4) is 0 Å². The van der Waals surface area contributed by atoms with Crippen LogP contribution in [0.1, 0.15) is 27.9 Å². The van der Waals surface area contributed by atoms with Gasteiger partial charge in [0, 0.05) is 36.0 Å². The van der Waals surface area contributed by atoms with Crippen molar-refractivity contribution in [3.63, 3.8) is 0 Å². The largest absolute Gasteiger partial charge is 0.457 e. The Morgan fingerprint density at radius 1 is 1.12 bits per heavy atom. The van der Waals surface area contributed by atoms with Gasteiger partial charge in [0.05, 0.1) is 5.02 Å². The van der Waals surface area contributed by atoms with Crippen LogP contribution < -0.4 is 15.0 Å². The van der Waals surface area contributed by atoms with Gasteiger partial charge in [0.25, 0.3) is 5.91 Å². The third-order valence-corrected chi connectivity index (χ3v) is 5.77. The standard InChI is InChI=1S/C26H21ClF2N2O3/c1-2-25(32)31-11-3-4-16-12-17(5-9-23(16)31)26(33)30-15-18-13-19(28)6-10-24(18)34-20-7-8-22(29)21(27)14-20/h2,5-10,12-14H,1,3-4,11,15H2,(H,30,33). The number of benzene rings is 3. The van der Waals surface area contributed by atoms with Gasteiger partial charge in [-0.2, -0.15) is 0 Å². The Bertz CT molecular complexity index is 1280. The van der Waals surface area contributed by atoms with Crippen LogP contribution in [0.2, 0.25) is 5.02 Å². The molecule has 1 aliphatic heterocycles. The van der Waals surface area contributed by atoms with Crippen LogP contribution in [0.4, 0.5) is 14.5 Å². The third kappa shape index (κ3) is 5.10. The lowest BCUT2D eigenvalue weighted by molar-refractivity contribution is -0.114. The maximum absolute atomic E-state index is 13.9. The molecule has 0 radical (unpaired) electrons. The number of halogens is 3. The average Bonchev–Trinajstić information content (AvgIpc) is 2.84. The summed E-state index contributed by atoms with van der Waals surface area (Å²) in [5.41, 5.74) is 2.49. The zero-order chi connectivity index (χ0) is 24.2. The van der Waals surface area contributed by atoms with Crippen LogP contribution in [-0.2, 0) is 17.8 Å². The Kier molecular flexibility index (Phi) is 6.93. The van der Waals surface area contributed by atoms with Crippen molar-refractivity contribution in [2.75, 3.05) is 11.4 Å². The molecule has 0 fully saturated rings. The number of nitrogens with one attached hydrogen (secondary N) is 1. The summed E-state index contributed by atoms with van der Waals surface area (Å²) in [7, 11) is 0. The van der Waals surface area contributed by atoms with Crippen molar-refractivity contribution in [2.24, 2.45) is 0 Å². The van der Waals surface area contributed by atoms with Crippen LogP contribution in [0.15, 0.2) is 67.3 Å². The zero-order valence-corrected chi connectivity index (χ0v) is 18.9. The number of fused-ring (bicyclic) bond motifs is 1. The quantitative estimate of drug-likeness (QED) is 0.451. The molecule has 2 amide bonds.